The molecule has 1 N–H and O–H groups in total. The zero-order chi connectivity index (χ0) is 18.6. The Morgan fingerprint density at radius 1 is 1.23 bits per heavy atom. The number of benzene rings is 1. The Kier molecular flexibility index (Phi) is 6.33. The van der Waals surface area contributed by atoms with Gasteiger partial charge in [0, 0.05) is 29.8 Å². The molecule has 0 atom stereocenters. The fourth-order valence-corrected chi connectivity index (χ4v) is 5.55. The van der Waals surface area contributed by atoms with Gasteiger partial charge >= 0.3 is 0 Å². The molecule has 26 heavy (non-hydrogen) atoms. The van der Waals surface area contributed by atoms with E-state index in [1.807, 2.05) is 11.6 Å². The van der Waals surface area contributed by atoms with Gasteiger partial charge in [-0.25, -0.2) is 13.4 Å². The number of sulfonamides is 1. The smallest absolute Gasteiger partial charge is 0.257 e. The molecule has 1 aliphatic rings. The Labute approximate surface area is 162 Å². The van der Waals surface area contributed by atoms with Crippen LogP contribution in [0.3, 0.4) is 0 Å². The number of rotatable bonds is 6. The molecule has 0 spiro atoms. The second kappa shape index (κ2) is 8.51. The Morgan fingerprint density at radius 2 is 1.92 bits per heavy atom. The van der Waals surface area contributed by atoms with E-state index in [1.165, 1.54) is 27.8 Å². The minimum absolute atomic E-state index is 0.229. The molecule has 0 aliphatic carbocycles. The van der Waals surface area contributed by atoms with E-state index in [0.717, 1.165) is 30.7 Å². The first-order valence-corrected chi connectivity index (χ1v) is 12.1. The predicted molar refractivity (Wildman–Crippen MR) is 106 cm³/mol. The summed E-state index contributed by atoms with van der Waals surface area (Å²) in [5, 5.41) is 5.22. The van der Waals surface area contributed by atoms with E-state index in [-0.39, 0.29) is 10.8 Å². The van der Waals surface area contributed by atoms with E-state index >= 15 is 0 Å². The van der Waals surface area contributed by atoms with Gasteiger partial charge in [-0.05, 0) is 43.4 Å². The lowest BCUT2D eigenvalue weighted by Crippen LogP contribution is -2.35. The molecular formula is C17H21N3O3S3. The molecule has 1 aromatic heterocycles. The zero-order valence-corrected chi connectivity index (χ0v) is 16.9. The van der Waals surface area contributed by atoms with Gasteiger partial charge in [0.05, 0.1) is 10.6 Å². The summed E-state index contributed by atoms with van der Waals surface area (Å²) in [6, 6.07) is 6.09. The standard InChI is InChI=1S/C17H21N3O3S3/c1-24-11-14-12-25-17(18-14)19-16(21)13-5-7-15(8-6-13)26(22,23)20-9-3-2-4-10-20/h5-8,12H,2-4,9-11H2,1H3,(H,18,19,21). The highest BCUT2D eigenvalue weighted by molar-refractivity contribution is 7.97. The number of hydrogen-bond acceptors (Lipinski definition) is 6. The summed E-state index contributed by atoms with van der Waals surface area (Å²) in [6.45, 7) is 1.12. The van der Waals surface area contributed by atoms with Gasteiger partial charge in [0.25, 0.3) is 5.91 Å². The Bertz CT molecular complexity index is 857. The Hall–Kier alpha value is -1.42. The molecule has 0 bridgehead atoms. The summed E-state index contributed by atoms with van der Waals surface area (Å²) in [4.78, 5) is 16.9. The highest BCUT2D eigenvalue weighted by Crippen LogP contribution is 2.22. The predicted octanol–water partition coefficient (Wildman–Crippen LogP) is 3.43. The number of thioether (sulfide) groups is 1. The van der Waals surface area contributed by atoms with E-state index in [1.54, 1.807) is 23.9 Å². The van der Waals surface area contributed by atoms with Gasteiger partial charge in [-0.15, -0.1) is 11.3 Å². The molecule has 1 amide bonds. The number of carbonyl (C=O) groups is 1. The number of anilines is 1. The van der Waals surface area contributed by atoms with Crippen molar-refractivity contribution in [1.29, 1.82) is 0 Å². The van der Waals surface area contributed by atoms with Crippen LogP contribution in [0.15, 0.2) is 34.5 Å². The van der Waals surface area contributed by atoms with Gasteiger partial charge < -0.3 is 0 Å². The quantitative estimate of drug-likeness (QED) is 0.788. The first-order valence-electron chi connectivity index (χ1n) is 8.35. The normalized spacial score (nSPS) is 15.7. The van der Waals surface area contributed by atoms with Crippen LogP contribution < -0.4 is 5.32 Å². The van der Waals surface area contributed by atoms with Gasteiger partial charge in [0.15, 0.2) is 5.13 Å². The van der Waals surface area contributed by atoms with Crippen LogP contribution in [0, 0.1) is 0 Å². The van der Waals surface area contributed by atoms with Crippen molar-refractivity contribution in [3.63, 3.8) is 0 Å². The third-order valence-electron chi connectivity index (χ3n) is 4.13. The molecule has 140 valence electrons. The third kappa shape index (κ3) is 4.46. The van der Waals surface area contributed by atoms with Crippen LogP contribution in [-0.4, -0.2) is 43.0 Å². The Balaban J connectivity index is 1.69. The molecule has 2 heterocycles. The number of aromatic nitrogens is 1. The fraction of sp³-hybridized carbons (Fsp3) is 0.412. The lowest BCUT2D eigenvalue weighted by atomic mass is 10.2. The second-order valence-corrected chi connectivity index (χ2v) is 9.68. The largest absolute Gasteiger partial charge is 0.298 e. The van der Waals surface area contributed by atoms with Crippen molar-refractivity contribution in [2.75, 3.05) is 24.7 Å². The molecule has 6 nitrogen and oxygen atoms in total. The van der Waals surface area contributed by atoms with Gasteiger partial charge in [-0.1, -0.05) is 6.42 Å². The van der Waals surface area contributed by atoms with E-state index in [4.69, 9.17) is 0 Å². The minimum Gasteiger partial charge on any atom is -0.298 e. The first kappa shape index (κ1) is 19.3. The van der Waals surface area contributed by atoms with Crippen LogP contribution in [0.25, 0.3) is 0 Å². The van der Waals surface area contributed by atoms with Gasteiger partial charge in [-0.3, -0.25) is 10.1 Å². The van der Waals surface area contributed by atoms with E-state index in [2.05, 4.69) is 10.3 Å². The van der Waals surface area contributed by atoms with Crippen LogP contribution in [0.1, 0.15) is 35.3 Å². The fourth-order valence-electron chi connectivity index (χ4n) is 2.78. The van der Waals surface area contributed by atoms with Crippen LogP contribution in [0.2, 0.25) is 0 Å². The van der Waals surface area contributed by atoms with Crippen molar-refractivity contribution in [3.05, 3.63) is 40.9 Å². The van der Waals surface area contributed by atoms with E-state index < -0.39 is 10.0 Å². The average Bonchev–Trinajstić information content (AvgIpc) is 3.10. The average molecular weight is 412 g/mol. The molecule has 2 aromatic rings. The topological polar surface area (TPSA) is 79.4 Å². The van der Waals surface area contributed by atoms with E-state index in [9.17, 15) is 13.2 Å². The summed E-state index contributed by atoms with van der Waals surface area (Å²) < 4.78 is 26.8. The maximum Gasteiger partial charge on any atom is 0.257 e. The van der Waals surface area contributed by atoms with Crippen molar-refractivity contribution in [3.8, 4) is 0 Å². The van der Waals surface area contributed by atoms with Crippen LogP contribution in [0.4, 0.5) is 5.13 Å². The lowest BCUT2D eigenvalue weighted by molar-refractivity contribution is 0.102. The second-order valence-electron chi connectivity index (χ2n) is 6.02. The number of nitrogens with one attached hydrogen (secondary N) is 1. The number of thiazole rings is 1. The molecule has 0 saturated carbocycles. The van der Waals surface area contributed by atoms with Crippen LogP contribution in [-0.2, 0) is 15.8 Å². The molecule has 3 rings (SSSR count). The summed E-state index contributed by atoms with van der Waals surface area (Å²) >= 11 is 3.05. The van der Waals surface area contributed by atoms with Crippen LogP contribution >= 0.6 is 23.1 Å². The summed E-state index contributed by atoms with van der Waals surface area (Å²) in [6.07, 6.45) is 4.86. The molecular weight excluding hydrogens is 390 g/mol. The van der Waals surface area contributed by atoms with Gasteiger partial charge in [-0.2, -0.15) is 16.1 Å². The van der Waals surface area contributed by atoms with Crippen molar-refractivity contribution < 1.29 is 13.2 Å². The van der Waals surface area contributed by atoms with Gasteiger partial charge in [0.1, 0.15) is 0 Å². The van der Waals surface area contributed by atoms with Crippen LogP contribution in [0.5, 0.6) is 0 Å². The third-order valence-corrected chi connectivity index (χ3v) is 7.44. The van der Waals surface area contributed by atoms with Gasteiger partial charge in [0.2, 0.25) is 10.0 Å². The first-order chi connectivity index (χ1) is 12.5. The minimum atomic E-state index is -3.48. The van der Waals surface area contributed by atoms with Crippen molar-refractivity contribution in [2.24, 2.45) is 0 Å². The summed E-state index contributed by atoms with van der Waals surface area (Å²) in [5.74, 6) is 0.507. The number of nitrogens with zero attached hydrogens (tertiary/aromatic N) is 2. The molecule has 1 aliphatic heterocycles. The molecule has 1 aromatic carbocycles. The maximum absolute atomic E-state index is 12.6. The number of carbonyl (C=O) groups excluding carboxylic acids is 1. The number of piperidine rings is 1. The SMILES string of the molecule is CSCc1csc(NC(=O)c2ccc(S(=O)(=O)N3CCCCC3)cc2)n1. The lowest BCUT2D eigenvalue weighted by Gasteiger charge is -2.25. The zero-order valence-electron chi connectivity index (χ0n) is 14.5. The maximum atomic E-state index is 12.6. The van der Waals surface area contributed by atoms with E-state index in [0.29, 0.717) is 23.8 Å². The van der Waals surface area contributed by atoms with Crippen molar-refractivity contribution in [2.45, 2.75) is 29.9 Å². The molecule has 1 fully saturated rings. The monoisotopic (exact) mass is 411 g/mol. The highest BCUT2D eigenvalue weighted by Gasteiger charge is 2.25. The molecule has 9 heteroatoms. The molecule has 1 saturated heterocycles. The molecule has 0 unspecified atom stereocenters. The summed E-state index contributed by atoms with van der Waals surface area (Å²) in [5.41, 5.74) is 1.34. The summed E-state index contributed by atoms with van der Waals surface area (Å²) in [7, 11) is -3.48. The number of hydrogen-bond donors (Lipinski definition) is 1. The van der Waals surface area contributed by atoms with Crippen molar-refractivity contribution >= 4 is 44.2 Å². The van der Waals surface area contributed by atoms with Crippen molar-refractivity contribution in [1.82, 2.24) is 9.29 Å². The Morgan fingerprint density at radius 3 is 2.58 bits per heavy atom. The highest BCUT2D eigenvalue weighted by atomic mass is 32.2. The molecule has 0 radical (unpaired) electrons. The number of amides is 1.